The number of nitrogens with zero attached hydrogens (tertiary/aromatic N) is 1. The van der Waals surface area contributed by atoms with Gasteiger partial charge in [0, 0.05) is 50.5 Å². The Balaban J connectivity index is 0.00000208. The first kappa shape index (κ1) is 19.3. The minimum absolute atomic E-state index is 0. The Bertz CT molecular complexity index is 944. The molecule has 0 aliphatic heterocycles. The molecule has 2 aromatic heterocycles. The maximum absolute atomic E-state index is 12.4. The molecule has 2 N–H and O–H groups in total. The average Bonchev–Trinajstić information content (AvgIpc) is 2.55. The summed E-state index contributed by atoms with van der Waals surface area (Å²) in [5, 5.41) is 3.69. The van der Waals surface area contributed by atoms with E-state index in [1.807, 2.05) is 12.1 Å². The SMILES string of the molecule is O=C(NCc1ccc(Cl)cc1)c1c[nH]c2[c-]nc(Br)cc2c1=O.[Y]. The fourth-order valence-corrected chi connectivity index (χ4v) is 2.53. The van der Waals surface area contributed by atoms with E-state index in [4.69, 9.17) is 11.6 Å². The number of nitrogens with one attached hydrogen (secondary N) is 2. The molecule has 0 saturated heterocycles. The summed E-state index contributed by atoms with van der Waals surface area (Å²) in [5.41, 5.74) is 1.01. The Labute approximate surface area is 176 Å². The Morgan fingerprint density at radius 3 is 2.75 bits per heavy atom. The summed E-state index contributed by atoms with van der Waals surface area (Å²) in [6.45, 7) is 0.305. The summed E-state index contributed by atoms with van der Waals surface area (Å²) in [5.74, 6) is -0.448. The van der Waals surface area contributed by atoms with Crippen molar-refractivity contribution in [3.63, 3.8) is 0 Å². The molecule has 8 heteroatoms. The van der Waals surface area contributed by atoms with Crippen molar-refractivity contribution in [2.45, 2.75) is 6.54 Å². The normalized spacial score (nSPS) is 10.2. The molecule has 0 unspecified atom stereocenters. The van der Waals surface area contributed by atoms with Crippen LogP contribution < -0.4 is 10.7 Å². The van der Waals surface area contributed by atoms with Gasteiger partial charge in [0.2, 0.25) is 0 Å². The molecule has 0 fully saturated rings. The van der Waals surface area contributed by atoms with Gasteiger partial charge in [-0.05, 0) is 27.8 Å². The number of hydrogen-bond acceptors (Lipinski definition) is 3. The second-order valence-electron chi connectivity index (χ2n) is 4.82. The van der Waals surface area contributed by atoms with E-state index in [1.54, 1.807) is 18.2 Å². The third kappa shape index (κ3) is 4.31. The zero-order valence-corrected chi connectivity index (χ0v) is 17.4. The van der Waals surface area contributed by atoms with Gasteiger partial charge in [0.15, 0.2) is 0 Å². The number of H-pyrrole nitrogens is 1. The van der Waals surface area contributed by atoms with Crippen molar-refractivity contribution in [3.05, 3.63) is 73.7 Å². The summed E-state index contributed by atoms with van der Waals surface area (Å²) in [6, 6.07) is 8.66. The Morgan fingerprint density at radius 2 is 2.04 bits per heavy atom. The first-order valence-electron chi connectivity index (χ1n) is 6.67. The first-order chi connectivity index (χ1) is 11.0. The number of fused-ring (bicyclic) bond motifs is 1. The predicted octanol–water partition coefficient (Wildman–Crippen LogP) is 3.07. The van der Waals surface area contributed by atoms with Gasteiger partial charge in [0.05, 0.1) is 5.56 Å². The molecule has 1 radical (unpaired) electrons. The van der Waals surface area contributed by atoms with Gasteiger partial charge in [0.1, 0.15) is 5.43 Å². The van der Waals surface area contributed by atoms with Crippen molar-refractivity contribution < 1.29 is 37.5 Å². The van der Waals surface area contributed by atoms with E-state index in [0.29, 0.717) is 27.1 Å². The van der Waals surface area contributed by atoms with Gasteiger partial charge < -0.3 is 20.1 Å². The summed E-state index contributed by atoms with van der Waals surface area (Å²) in [6.07, 6.45) is 4.06. The predicted molar refractivity (Wildman–Crippen MR) is 91.5 cm³/mol. The fourth-order valence-electron chi connectivity index (χ4n) is 2.09. The van der Waals surface area contributed by atoms with Crippen LogP contribution in [-0.2, 0) is 39.3 Å². The van der Waals surface area contributed by atoms with Crippen molar-refractivity contribution in [2.24, 2.45) is 0 Å². The molecule has 2 heterocycles. The Kier molecular flexibility index (Phi) is 6.69. The van der Waals surface area contributed by atoms with Crippen LogP contribution in [0.3, 0.4) is 0 Å². The summed E-state index contributed by atoms with van der Waals surface area (Å²) in [4.78, 5) is 31.4. The number of carbonyl (C=O) groups is 1. The van der Waals surface area contributed by atoms with Crippen molar-refractivity contribution in [1.82, 2.24) is 15.3 Å². The molecule has 0 atom stereocenters. The number of aromatic nitrogens is 2. The Morgan fingerprint density at radius 1 is 1.33 bits per heavy atom. The van der Waals surface area contributed by atoms with E-state index in [-0.39, 0.29) is 43.7 Å². The molecule has 3 rings (SSSR count). The summed E-state index contributed by atoms with van der Waals surface area (Å²) >= 11 is 9.00. The van der Waals surface area contributed by atoms with E-state index in [0.717, 1.165) is 5.56 Å². The largest absolute Gasteiger partial charge is 0.382 e. The Hall–Kier alpha value is -1.08. The average molecular weight is 481 g/mol. The van der Waals surface area contributed by atoms with Crippen LogP contribution in [-0.4, -0.2) is 15.9 Å². The van der Waals surface area contributed by atoms with Crippen LogP contribution in [0.15, 0.2) is 45.9 Å². The number of amides is 1. The van der Waals surface area contributed by atoms with Gasteiger partial charge in [-0.3, -0.25) is 4.79 Å². The number of rotatable bonds is 3. The van der Waals surface area contributed by atoms with Crippen LogP contribution in [0.5, 0.6) is 0 Å². The van der Waals surface area contributed by atoms with Gasteiger partial charge in [0.25, 0.3) is 5.91 Å². The van der Waals surface area contributed by atoms with E-state index in [2.05, 4.69) is 37.4 Å². The third-order valence-corrected chi connectivity index (χ3v) is 3.93. The van der Waals surface area contributed by atoms with E-state index in [1.165, 1.54) is 6.20 Å². The molecular formula is C16H10BrClN3O2Y-. The van der Waals surface area contributed by atoms with Crippen LogP contribution >= 0.6 is 27.5 Å². The number of hydrogen-bond donors (Lipinski definition) is 2. The molecule has 0 aliphatic carbocycles. The standard InChI is InChI=1S/C16H10BrClN3O2.Y/c17-14-5-11-13(8-20-14)19-7-12(15(11)22)16(23)21-6-9-1-3-10(18)4-2-9;/h1-5,7H,6H2,(H,19,22)(H,21,23);/q-1;. The van der Waals surface area contributed by atoms with Gasteiger partial charge in [-0.2, -0.15) is 0 Å². The number of aromatic amines is 1. The summed E-state index contributed by atoms with van der Waals surface area (Å²) < 4.78 is 0.481. The van der Waals surface area contributed by atoms with Crippen LogP contribution in [0, 0.1) is 6.20 Å². The molecule has 1 amide bonds. The van der Waals surface area contributed by atoms with Gasteiger partial charge in [-0.25, -0.2) is 0 Å². The minimum atomic E-state index is -0.448. The zero-order chi connectivity index (χ0) is 16.4. The molecule has 1 aromatic carbocycles. The molecule has 3 aromatic rings. The molecule has 119 valence electrons. The van der Waals surface area contributed by atoms with Crippen molar-refractivity contribution >= 4 is 44.3 Å². The first-order valence-corrected chi connectivity index (χ1v) is 7.84. The van der Waals surface area contributed by atoms with Gasteiger partial charge in [-0.15, -0.1) is 22.0 Å². The number of pyridine rings is 2. The molecule has 0 saturated carbocycles. The van der Waals surface area contributed by atoms with E-state index >= 15 is 0 Å². The maximum Gasteiger partial charge on any atom is 0.255 e. The van der Waals surface area contributed by atoms with Crippen molar-refractivity contribution in [3.8, 4) is 0 Å². The monoisotopic (exact) mass is 479 g/mol. The quantitative estimate of drug-likeness (QED) is 0.447. The van der Waals surface area contributed by atoms with Gasteiger partial charge >= 0.3 is 0 Å². The topological polar surface area (TPSA) is 74.8 Å². The minimum Gasteiger partial charge on any atom is -0.382 e. The second-order valence-corrected chi connectivity index (χ2v) is 6.07. The smallest absolute Gasteiger partial charge is 0.255 e. The van der Waals surface area contributed by atoms with Gasteiger partial charge in [-0.1, -0.05) is 35.3 Å². The molecule has 24 heavy (non-hydrogen) atoms. The molecule has 0 bridgehead atoms. The number of carbonyl (C=O) groups excluding carboxylic acids is 1. The maximum atomic E-state index is 12.4. The van der Waals surface area contributed by atoms with Crippen LogP contribution in [0.1, 0.15) is 15.9 Å². The van der Waals surface area contributed by atoms with Crippen LogP contribution in [0.2, 0.25) is 5.02 Å². The second kappa shape index (κ2) is 8.34. The zero-order valence-electron chi connectivity index (χ0n) is 12.3. The van der Waals surface area contributed by atoms with E-state index in [9.17, 15) is 9.59 Å². The van der Waals surface area contributed by atoms with Crippen LogP contribution in [0.4, 0.5) is 0 Å². The van der Waals surface area contributed by atoms with Crippen molar-refractivity contribution in [2.75, 3.05) is 0 Å². The third-order valence-electron chi connectivity index (χ3n) is 3.27. The molecular weight excluding hydrogens is 470 g/mol. The van der Waals surface area contributed by atoms with E-state index < -0.39 is 5.91 Å². The number of halogens is 2. The molecule has 0 aliphatic rings. The van der Waals surface area contributed by atoms with Crippen molar-refractivity contribution in [1.29, 1.82) is 0 Å². The summed E-state index contributed by atoms with van der Waals surface area (Å²) in [7, 11) is 0. The molecule has 5 nitrogen and oxygen atoms in total. The molecule has 0 spiro atoms. The fraction of sp³-hybridized carbons (Fsp3) is 0.0625. The number of benzene rings is 1. The van der Waals surface area contributed by atoms with Crippen LogP contribution in [0.25, 0.3) is 10.9 Å².